The Hall–Kier alpha value is -1.95. The van der Waals surface area contributed by atoms with Crippen molar-refractivity contribution in [2.24, 2.45) is 0 Å². The van der Waals surface area contributed by atoms with Gasteiger partial charge in [-0.05, 0) is 46.3 Å². The average Bonchev–Trinajstić information content (AvgIpc) is 2.46. The summed E-state index contributed by atoms with van der Waals surface area (Å²) in [6.07, 6.45) is 0. The van der Waals surface area contributed by atoms with Gasteiger partial charge in [0.1, 0.15) is 11.6 Å². The summed E-state index contributed by atoms with van der Waals surface area (Å²) in [6, 6.07) is 7.70. The summed E-state index contributed by atoms with van der Waals surface area (Å²) in [6.45, 7) is -0.346. The van der Waals surface area contributed by atoms with E-state index in [-0.39, 0.29) is 18.1 Å². The zero-order chi connectivity index (χ0) is 15.4. The number of Topliss-reactive ketones (excluding diaryl/α,β-unsaturated/α-hetero) is 1. The van der Waals surface area contributed by atoms with E-state index in [2.05, 4.69) is 15.9 Å². The Morgan fingerprint density at radius 3 is 2.48 bits per heavy atom. The molecule has 0 unspecified atom stereocenters. The second-order valence-corrected chi connectivity index (χ2v) is 4.99. The molecule has 0 atom stereocenters. The van der Waals surface area contributed by atoms with Gasteiger partial charge in [0, 0.05) is 11.6 Å². The van der Waals surface area contributed by atoms with Gasteiger partial charge >= 0.3 is 0 Å². The maximum absolute atomic E-state index is 13.4. The van der Waals surface area contributed by atoms with E-state index in [4.69, 9.17) is 9.47 Å². The molecule has 0 aliphatic carbocycles. The molecule has 2 aromatic carbocycles. The molecule has 0 amide bonds. The van der Waals surface area contributed by atoms with E-state index >= 15 is 0 Å². The highest BCUT2D eigenvalue weighted by atomic mass is 79.9. The Morgan fingerprint density at radius 2 is 1.86 bits per heavy atom. The standard InChI is InChI=1S/C15H11BrF2O3/c1-20-14-4-2-9(6-11(14)16)13(19)8-21-15-5-3-10(17)7-12(15)18/h2-7H,8H2,1H3. The fourth-order valence-electron chi connectivity index (χ4n) is 1.66. The van der Waals surface area contributed by atoms with Gasteiger partial charge in [-0.3, -0.25) is 4.79 Å². The zero-order valence-corrected chi connectivity index (χ0v) is 12.6. The molecule has 0 aliphatic heterocycles. The fraction of sp³-hybridized carbons (Fsp3) is 0.133. The first kappa shape index (κ1) is 15.4. The fourth-order valence-corrected chi connectivity index (χ4v) is 2.20. The Kier molecular flexibility index (Phi) is 4.90. The van der Waals surface area contributed by atoms with Crippen molar-refractivity contribution in [3.8, 4) is 11.5 Å². The second kappa shape index (κ2) is 6.67. The maximum atomic E-state index is 13.4. The first-order valence-electron chi connectivity index (χ1n) is 5.96. The van der Waals surface area contributed by atoms with Gasteiger partial charge in [0.25, 0.3) is 0 Å². The SMILES string of the molecule is COc1ccc(C(=O)COc2ccc(F)cc2F)cc1Br. The smallest absolute Gasteiger partial charge is 0.200 e. The molecule has 0 fully saturated rings. The lowest BCUT2D eigenvalue weighted by Gasteiger charge is -2.08. The second-order valence-electron chi connectivity index (χ2n) is 4.14. The third kappa shape index (κ3) is 3.78. The first-order valence-corrected chi connectivity index (χ1v) is 6.75. The number of carbonyl (C=O) groups is 1. The Morgan fingerprint density at radius 1 is 1.14 bits per heavy atom. The Labute approximate surface area is 128 Å². The molecule has 0 aliphatic rings. The molecular weight excluding hydrogens is 346 g/mol. The van der Waals surface area contributed by atoms with Crippen molar-refractivity contribution in [1.29, 1.82) is 0 Å². The summed E-state index contributed by atoms with van der Waals surface area (Å²) >= 11 is 3.27. The molecule has 0 bridgehead atoms. The molecule has 21 heavy (non-hydrogen) atoms. The van der Waals surface area contributed by atoms with Crippen LogP contribution in [-0.2, 0) is 0 Å². The molecule has 2 rings (SSSR count). The van der Waals surface area contributed by atoms with Crippen molar-refractivity contribution in [1.82, 2.24) is 0 Å². The number of halogens is 3. The van der Waals surface area contributed by atoms with Gasteiger partial charge in [0.05, 0.1) is 11.6 Å². The molecule has 6 heteroatoms. The highest BCUT2D eigenvalue weighted by Crippen LogP contribution is 2.26. The zero-order valence-electron chi connectivity index (χ0n) is 11.0. The summed E-state index contributed by atoms with van der Waals surface area (Å²) in [4.78, 5) is 12.0. The van der Waals surface area contributed by atoms with Crippen LogP contribution in [0.2, 0.25) is 0 Å². The molecule has 0 aromatic heterocycles. The molecule has 2 aromatic rings. The first-order chi connectivity index (χ1) is 10.0. The Bertz CT molecular complexity index is 674. The quantitative estimate of drug-likeness (QED) is 0.759. The molecule has 0 spiro atoms. The van der Waals surface area contributed by atoms with Gasteiger partial charge in [-0.1, -0.05) is 0 Å². The van der Waals surface area contributed by atoms with Crippen molar-refractivity contribution in [2.75, 3.05) is 13.7 Å². The van der Waals surface area contributed by atoms with E-state index < -0.39 is 11.6 Å². The molecule has 110 valence electrons. The van der Waals surface area contributed by atoms with Crippen LogP contribution in [0.25, 0.3) is 0 Å². The third-order valence-corrected chi connectivity index (χ3v) is 3.35. The number of ether oxygens (including phenoxy) is 2. The minimum atomic E-state index is -0.848. The lowest BCUT2D eigenvalue weighted by molar-refractivity contribution is 0.0918. The predicted molar refractivity (Wildman–Crippen MR) is 76.9 cm³/mol. The van der Waals surface area contributed by atoms with Crippen molar-refractivity contribution in [2.45, 2.75) is 0 Å². The van der Waals surface area contributed by atoms with Gasteiger partial charge in [-0.25, -0.2) is 8.78 Å². The van der Waals surface area contributed by atoms with Crippen LogP contribution in [0.3, 0.4) is 0 Å². The van der Waals surface area contributed by atoms with Gasteiger partial charge in [-0.2, -0.15) is 0 Å². The van der Waals surface area contributed by atoms with Gasteiger partial charge < -0.3 is 9.47 Å². The lowest BCUT2D eigenvalue weighted by atomic mass is 10.1. The maximum Gasteiger partial charge on any atom is 0.200 e. The summed E-state index contributed by atoms with van der Waals surface area (Å²) < 4.78 is 36.9. The van der Waals surface area contributed by atoms with Crippen LogP contribution >= 0.6 is 15.9 Å². The minimum absolute atomic E-state index is 0.169. The van der Waals surface area contributed by atoms with Gasteiger partial charge in [0.2, 0.25) is 0 Å². The number of carbonyl (C=O) groups excluding carboxylic acids is 1. The number of ketones is 1. The molecule has 3 nitrogen and oxygen atoms in total. The topological polar surface area (TPSA) is 35.5 Å². The molecule has 0 saturated heterocycles. The molecule has 0 saturated carbocycles. The third-order valence-electron chi connectivity index (χ3n) is 2.73. The van der Waals surface area contributed by atoms with E-state index in [0.29, 0.717) is 21.9 Å². The van der Waals surface area contributed by atoms with Crippen molar-refractivity contribution in [3.63, 3.8) is 0 Å². The van der Waals surface area contributed by atoms with Crippen LogP contribution < -0.4 is 9.47 Å². The van der Waals surface area contributed by atoms with Crippen LogP contribution in [0.5, 0.6) is 11.5 Å². The Balaban J connectivity index is 2.06. The number of hydrogen-bond acceptors (Lipinski definition) is 3. The lowest BCUT2D eigenvalue weighted by Crippen LogP contribution is -2.12. The van der Waals surface area contributed by atoms with Crippen LogP contribution in [0.15, 0.2) is 40.9 Å². The number of benzene rings is 2. The monoisotopic (exact) mass is 356 g/mol. The van der Waals surface area contributed by atoms with Gasteiger partial charge in [0.15, 0.2) is 24.0 Å². The van der Waals surface area contributed by atoms with Crippen LogP contribution in [0, 0.1) is 11.6 Å². The minimum Gasteiger partial charge on any atom is -0.496 e. The number of hydrogen-bond donors (Lipinski definition) is 0. The van der Waals surface area contributed by atoms with E-state index in [1.807, 2.05) is 0 Å². The summed E-state index contributed by atoms with van der Waals surface area (Å²) in [5.74, 6) is -1.46. The van der Waals surface area contributed by atoms with Crippen LogP contribution in [0.1, 0.15) is 10.4 Å². The highest BCUT2D eigenvalue weighted by molar-refractivity contribution is 9.10. The predicted octanol–water partition coefficient (Wildman–Crippen LogP) is 4.00. The number of rotatable bonds is 5. The van der Waals surface area contributed by atoms with Crippen molar-refractivity contribution >= 4 is 21.7 Å². The van der Waals surface area contributed by atoms with E-state index in [1.165, 1.54) is 7.11 Å². The largest absolute Gasteiger partial charge is 0.496 e. The van der Waals surface area contributed by atoms with Crippen LogP contribution in [0.4, 0.5) is 8.78 Å². The number of methoxy groups -OCH3 is 1. The molecule has 0 heterocycles. The van der Waals surface area contributed by atoms with Crippen LogP contribution in [-0.4, -0.2) is 19.5 Å². The van der Waals surface area contributed by atoms with E-state index in [0.717, 1.165) is 12.1 Å². The van der Waals surface area contributed by atoms with Crippen molar-refractivity contribution in [3.05, 3.63) is 58.1 Å². The normalized spacial score (nSPS) is 10.3. The van der Waals surface area contributed by atoms with E-state index in [1.54, 1.807) is 18.2 Å². The molecule has 0 radical (unpaired) electrons. The van der Waals surface area contributed by atoms with Gasteiger partial charge in [-0.15, -0.1) is 0 Å². The molecule has 0 N–H and O–H groups in total. The average molecular weight is 357 g/mol. The van der Waals surface area contributed by atoms with E-state index in [9.17, 15) is 13.6 Å². The summed E-state index contributed by atoms with van der Waals surface area (Å²) in [5, 5.41) is 0. The molecular formula is C15H11BrF2O3. The highest BCUT2D eigenvalue weighted by Gasteiger charge is 2.12. The summed E-state index contributed by atoms with van der Waals surface area (Å²) in [7, 11) is 1.52. The van der Waals surface area contributed by atoms with Crippen molar-refractivity contribution < 1.29 is 23.0 Å². The summed E-state index contributed by atoms with van der Waals surface area (Å²) in [5.41, 5.74) is 0.394.